The highest BCUT2D eigenvalue weighted by Gasteiger charge is 2.38. The second-order valence-corrected chi connectivity index (χ2v) is 5.96. The number of nitrogens with one attached hydrogen (secondary N) is 1. The van der Waals surface area contributed by atoms with Crippen molar-refractivity contribution in [3.8, 4) is 11.3 Å². The van der Waals surface area contributed by atoms with E-state index in [2.05, 4.69) is 5.10 Å². The van der Waals surface area contributed by atoms with Gasteiger partial charge in [-0.15, -0.1) is 0 Å². The minimum absolute atomic E-state index is 0.201. The average molecular weight is 475 g/mol. The van der Waals surface area contributed by atoms with E-state index in [0.29, 0.717) is 12.1 Å². The second-order valence-electron chi connectivity index (χ2n) is 4.07. The number of halogens is 9. The van der Waals surface area contributed by atoms with Crippen molar-refractivity contribution in [2.45, 2.75) is 12.4 Å². The van der Waals surface area contributed by atoms with E-state index >= 15 is 0 Å². The van der Waals surface area contributed by atoms with Crippen LogP contribution in [0.25, 0.3) is 11.3 Å². The fraction of sp³-hybridized carbons (Fsp3) is 0.182. The molecule has 2 rings (SSSR count). The number of nitrogens with zero attached hydrogens (tertiary/aromatic N) is 1. The molecule has 1 N–H and O–H groups in total. The van der Waals surface area contributed by atoms with E-state index in [9.17, 15) is 26.3 Å². The maximum absolute atomic E-state index is 12.7. The van der Waals surface area contributed by atoms with E-state index in [-0.39, 0.29) is 14.8 Å². The number of alkyl halides is 6. The normalized spacial score (nSPS) is 12.8. The molecule has 0 aliphatic carbocycles. The summed E-state index contributed by atoms with van der Waals surface area (Å²) in [7, 11) is 0. The lowest BCUT2D eigenvalue weighted by atomic mass is 10.1. The zero-order valence-electron chi connectivity index (χ0n) is 10.0. The van der Waals surface area contributed by atoms with Crippen molar-refractivity contribution in [3.05, 3.63) is 37.0 Å². The highest BCUT2D eigenvalue weighted by Crippen LogP contribution is 2.43. The molecule has 22 heavy (non-hydrogen) atoms. The molecule has 0 aliphatic heterocycles. The summed E-state index contributed by atoms with van der Waals surface area (Å²) in [5.41, 5.74) is -2.70. The summed E-state index contributed by atoms with van der Waals surface area (Å²) in [6, 6.07) is 1.17. The molecule has 1 aromatic heterocycles. The Labute approximate surface area is 142 Å². The maximum Gasteiger partial charge on any atom is 0.433 e. The molecule has 0 spiro atoms. The number of H-pyrrole nitrogens is 1. The minimum atomic E-state index is -4.69. The SMILES string of the molecule is FC(F)(F)c1cc(Cl)c(-c2n[nH]c(C(F)(F)F)c2I)c(Cl)c1. The lowest BCUT2D eigenvalue weighted by Crippen LogP contribution is -2.07. The van der Waals surface area contributed by atoms with Crippen LogP contribution in [0.1, 0.15) is 11.3 Å². The molecule has 0 unspecified atom stereocenters. The fourth-order valence-corrected chi connectivity index (χ4v) is 3.13. The molecule has 0 amide bonds. The fourth-order valence-electron chi connectivity index (χ4n) is 1.64. The first-order valence-corrected chi connectivity index (χ1v) is 7.14. The standard InChI is InChI=1S/C11H3Cl2F6IN2/c12-4-1-3(10(14,15)16)2-5(13)6(4)8-7(20)9(22-21-8)11(17,18)19/h1-2H,(H,21,22). The predicted molar refractivity (Wildman–Crippen MR) is 76.8 cm³/mol. The van der Waals surface area contributed by atoms with Gasteiger partial charge in [-0.25, -0.2) is 0 Å². The molecule has 0 fully saturated rings. The van der Waals surface area contributed by atoms with E-state index in [1.165, 1.54) is 22.6 Å². The average Bonchev–Trinajstić information content (AvgIpc) is 2.69. The number of aromatic nitrogens is 2. The van der Waals surface area contributed by atoms with E-state index < -0.39 is 33.7 Å². The molecular weight excluding hydrogens is 472 g/mol. The largest absolute Gasteiger partial charge is 0.433 e. The van der Waals surface area contributed by atoms with Gasteiger partial charge in [-0.3, -0.25) is 5.10 Å². The highest BCUT2D eigenvalue weighted by atomic mass is 127. The lowest BCUT2D eigenvalue weighted by molar-refractivity contribution is -0.142. The zero-order valence-corrected chi connectivity index (χ0v) is 13.7. The van der Waals surface area contributed by atoms with Crippen LogP contribution in [-0.4, -0.2) is 10.2 Å². The number of benzene rings is 1. The van der Waals surface area contributed by atoms with Crippen molar-refractivity contribution in [3.63, 3.8) is 0 Å². The molecule has 120 valence electrons. The van der Waals surface area contributed by atoms with Gasteiger partial charge in [-0.05, 0) is 34.7 Å². The van der Waals surface area contributed by atoms with Crippen LogP contribution >= 0.6 is 45.8 Å². The quantitative estimate of drug-likeness (QED) is 0.397. The van der Waals surface area contributed by atoms with Crippen LogP contribution in [0.4, 0.5) is 26.3 Å². The summed E-state index contributed by atoms with van der Waals surface area (Å²) >= 11 is 12.9. The van der Waals surface area contributed by atoms with Gasteiger partial charge < -0.3 is 0 Å². The first-order valence-electron chi connectivity index (χ1n) is 5.30. The third-order valence-electron chi connectivity index (χ3n) is 2.60. The van der Waals surface area contributed by atoms with Gasteiger partial charge in [0, 0.05) is 5.56 Å². The van der Waals surface area contributed by atoms with Crippen molar-refractivity contribution in [1.82, 2.24) is 10.2 Å². The first kappa shape index (κ1) is 17.7. The van der Waals surface area contributed by atoms with E-state index in [1.54, 1.807) is 5.10 Å². The van der Waals surface area contributed by atoms with Gasteiger partial charge in [-0.1, -0.05) is 23.2 Å². The summed E-state index contributed by atoms with van der Waals surface area (Å²) in [4.78, 5) is 0. The van der Waals surface area contributed by atoms with Crippen molar-refractivity contribution < 1.29 is 26.3 Å². The highest BCUT2D eigenvalue weighted by molar-refractivity contribution is 14.1. The van der Waals surface area contributed by atoms with Gasteiger partial charge in [0.15, 0.2) is 5.69 Å². The molecule has 11 heteroatoms. The molecule has 0 saturated heterocycles. The molecule has 0 atom stereocenters. The van der Waals surface area contributed by atoms with Crippen LogP contribution in [0, 0.1) is 3.57 Å². The molecule has 1 heterocycles. The van der Waals surface area contributed by atoms with Gasteiger partial charge in [0.25, 0.3) is 0 Å². The molecule has 0 aliphatic rings. The van der Waals surface area contributed by atoms with Crippen LogP contribution in [0.15, 0.2) is 12.1 Å². The van der Waals surface area contributed by atoms with Gasteiger partial charge in [-0.2, -0.15) is 31.4 Å². The van der Waals surface area contributed by atoms with Crippen molar-refractivity contribution in [2.75, 3.05) is 0 Å². The molecule has 2 aromatic rings. The molecular formula is C11H3Cl2F6IN2. The molecule has 0 saturated carbocycles. The summed E-state index contributed by atoms with van der Waals surface area (Å²) in [6.45, 7) is 0. The first-order chi connectivity index (χ1) is 9.93. The van der Waals surface area contributed by atoms with Gasteiger partial charge in [0.05, 0.1) is 19.2 Å². The number of hydrogen-bond acceptors (Lipinski definition) is 1. The van der Waals surface area contributed by atoms with Crippen LogP contribution < -0.4 is 0 Å². The Hall–Kier alpha value is -0.680. The van der Waals surface area contributed by atoms with Crippen LogP contribution in [0.3, 0.4) is 0 Å². The van der Waals surface area contributed by atoms with E-state index in [0.717, 1.165) is 0 Å². The van der Waals surface area contributed by atoms with E-state index in [4.69, 9.17) is 23.2 Å². The molecule has 0 radical (unpaired) electrons. The van der Waals surface area contributed by atoms with Crippen LogP contribution in [0.5, 0.6) is 0 Å². The Bertz CT molecular complexity index is 699. The Morgan fingerprint density at radius 2 is 1.45 bits per heavy atom. The third-order valence-corrected chi connectivity index (χ3v) is 4.24. The smallest absolute Gasteiger partial charge is 0.272 e. The van der Waals surface area contributed by atoms with Gasteiger partial charge in [0.2, 0.25) is 0 Å². The summed E-state index contributed by atoms with van der Waals surface area (Å²) in [6.07, 6.45) is -9.37. The number of aromatic amines is 1. The predicted octanol–water partition coefficient (Wildman–Crippen LogP) is 6.03. The summed E-state index contributed by atoms with van der Waals surface area (Å²) < 4.78 is 75.7. The topological polar surface area (TPSA) is 28.7 Å². The number of rotatable bonds is 1. The van der Waals surface area contributed by atoms with Gasteiger partial charge >= 0.3 is 12.4 Å². The minimum Gasteiger partial charge on any atom is -0.272 e. The third kappa shape index (κ3) is 3.30. The molecule has 1 aromatic carbocycles. The lowest BCUT2D eigenvalue weighted by Gasteiger charge is -2.11. The Kier molecular flexibility index (Phi) is 4.62. The Morgan fingerprint density at radius 1 is 0.955 bits per heavy atom. The van der Waals surface area contributed by atoms with Crippen LogP contribution in [0.2, 0.25) is 10.0 Å². The summed E-state index contributed by atoms with van der Waals surface area (Å²) in [5, 5.41) is 4.36. The van der Waals surface area contributed by atoms with Crippen molar-refractivity contribution in [2.24, 2.45) is 0 Å². The Balaban J connectivity index is 2.63. The number of hydrogen-bond donors (Lipinski definition) is 1. The maximum atomic E-state index is 12.7. The zero-order chi connectivity index (χ0) is 16.9. The van der Waals surface area contributed by atoms with E-state index in [1.807, 2.05) is 0 Å². The summed E-state index contributed by atoms with van der Waals surface area (Å²) in [5.74, 6) is 0. The van der Waals surface area contributed by atoms with Crippen molar-refractivity contribution >= 4 is 45.8 Å². The molecule has 0 bridgehead atoms. The molecule has 2 nitrogen and oxygen atoms in total. The van der Waals surface area contributed by atoms with Crippen LogP contribution in [-0.2, 0) is 12.4 Å². The second kappa shape index (κ2) is 5.75. The van der Waals surface area contributed by atoms with Crippen molar-refractivity contribution in [1.29, 1.82) is 0 Å². The van der Waals surface area contributed by atoms with Gasteiger partial charge in [0.1, 0.15) is 5.69 Å². The Morgan fingerprint density at radius 3 is 1.82 bits per heavy atom. The monoisotopic (exact) mass is 474 g/mol.